The van der Waals surface area contributed by atoms with Crippen molar-refractivity contribution in [3.05, 3.63) is 24.3 Å². The molecule has 2 N–H and O–H groups in total. The first-order chi connectivity index (χ1) is 10.6. The molecule has 0 bridgehead atoms. The van der Waals surface area contributed by atoms with Crippen LogP contribution in [0.15, 0.2) is 24.3 Å². The standard InChI is InChI=1S/C18H30AsNO4/c1-15(2)16(3,4)22-19(21-15,13-9-11-14(20)12-10-13)23-17(5,6)18(7,8)24-19/h9-12H,20H2,1-8H3. The normalized spacial score (nSPS) is 32.2. The van der Waals surface area contributed by atoms with Crippen molar-refractivity contribution in [1.29, 1.82) is 0 Å². The Morgan fingerprint density at radius 3 is 1.21 bits per heavy atom. The molecule has 0 saturated carbocycles. The summed E-state index contributed by atoms with van der Waals surface area (Å²) in [6, 6.07) is 7.50. The van der Waals surface area contributed by atoms with Gasteiger partial charge in [0.15, 0.2) is 0 Å². The molecule has 2 fully saturated rings. The second-order valence-corrected chi connectivity index (χ2v) is 14.8. The molecule has 1 spiro atoms. The number of anilines is 1. The summed E-state index contributed by atoms with van der Waals surface area (Å²) >= 11 is -4.72. The van der Waals surface area contributed by atoms with Gasteiger partial charge in [-0.25, -0.2) is 0 Å². The fourth-order valence-electron chi connectivity index (χ4n) is 3.05. The fourth-order valence-corrected chi connectivity index (χ4v) is 14.2. The molecule has 2 saturated heterocycles. The molecule has 6 heteroatoms. The van der Waals surface area contributed by atoms with Crippen molar-refractivity contribution in [2.75, 3.05) is 5.73 Å². The van der Waals surface area contributed by atoms with Crippen LogP contribution in [0.1, 0.15) is 55.4 Å². The molecule has 24 heavy (non-hydrogen) atoms. The van der Waals surface area contributed by atoms with E-state index in [1.807, 2.05) is 79.7 Å². The van der Waals surface area contributed by atoms with Crippen molar-refractivity contribution in [3.63, 3.8) is 0 Å². The summed E-state index contributed by atoms with van der Waals surface area (Å²) in [6.45, 7) is 16.2. The van der Waals surface area contributed by atoms with Gasteiger partial charge in [-0.2, -0.15) is 0 Å². The van der Waals surface area contributed by atoms with E-state index in [4.69, 9.17) is 20.6 Å². The number of benzene rings is 1. The van der Waals surface area contributed by atoms with Gasteiger partial charge < -0.3 is 0 Å². The van der Waals surface area contributed by atoms with Gasteiger partial charge in [0.2, 0.25) is 0 Å². The quantitative estimate of drug-likeness (QED) is 0.581. The Balaban J connectivity index is 2.28. The fraction of sp³-hybridized carbons (Fsp3) is 0.667. The third-order valence-corrected chi connectivity index (χ3v) is 14.6. The maximum atomic E-state index is 6.67. The number of hydrogen-bond donors (Lipinski definition) is 1. The third-order valence-electron chi connectivity index (χ3n) is 5.76. The van der Waals surface area contributed by atoms with Crippen molar-refractivity contribution in [2.24, 2.45) is 0 Å². The van der Waals surface area contributed by atoms with Crippen LogP contribution >= 0.6 is 0 Å². The van der Waals surface area contributed by atoms with Crippen LogP contribution < -0.4 is 10.1 Å². The zero-order valence-electron chi connectivity index (χ0n) is 16.0. The second-order valence-electron chi connectivity index (χ2n) is 8.81. The van der Waals surface area contributed by atoms with Gasteiger partial charge in [-0.1, -0.05) is 0 Å². The first kappa shape index (κ1) is 18.2. The van der Waals surface area contributed by atoms with Crippen LogP contribution in [0.5, 0.6) is 0 Å². The number of nitrogen functional groups attached to an aromatic ring is 1. The van der Waals surface area contributed by atoms with Gasteiger partial charge in [0.25, 0.3) is 0 Å². The minimum atomic E-state index is -4.72. The molecular weight excluding hydrogens is 369 g/mol. The molecule has 136 valence electrons. The average Bonchev–Trinajstić information content (AvgIpc) is 2.61. The van der Waals surface area contributed by atoms with E-state index in [-0.39, 0.29) is 0 Å². The molecule has 1 aromatic rings. The summed E-state index contributed by atoms with van der Waals surface area (Å²) in [5, 5.41) is 0. The summed E-state index contributed by atoms with van der Waals surface area (Å²) in [7, 11) is 0. The van der Waals surface area contributed by atoms with Crippen LogP contribution in [0, 0.1) is 0 Å². The van der Waals surface area contributed by atoms with E-state index in [9.17, 15) is 0 Å². The SMILES string of the molecule is CC1(C)O[As]2(c3ccc(N)cc3)(OC1(C)C)OC(C)(C)C(C)(C)O2. The topological polar surface area (TPSA) is 62.9 Å². The summed E-state index contributed by atoms with van der Waals surface area (Å²) in [5.41, 5.74) is 4.32. The van der Waals surface area contributed by atoms with Gasteiger partial charge in [0.05, 0.1) is 0 Å². The zero-order valence-corrected chi connectivity index (χ0v) is 17.8. The molecule has 0 aliphatic carbocycles. The van der Waals surface area contributed by atoms with Crippen LogP contribution in [0.2, 0.25) is 0 Å². The van der Waals surface area contributed by atoms with Crippen molar-refractivity contribution in [3.8, 4) is 0 Å². The van der Waals surface area contributed by atoms with E-state index >= 15 is 0 Å². The third kappa shape index (κ3) is 2.22. The molecule has 0 aromatic heterocycles. The van der Waals surface area contributed by atoms with Gasteiger partial charge >= 0.3 is 147 Å². The van der Waals surface area contributed by atoms with Crippen LogP contribution in [0.3, 0.4) is 0 Å². The molecule has 0 unspecified atom stereocenters. The summed E-state index contributed by atoms with van der Waals surface area (Å²) in [5.74, 6) is 0. The molecule has 2 aliphatic rings. The Kier molecular flexibility index (Phi) is 3.47. The summed E-state index contributed by atoms with van der Waals surface area (Å²) in [4.78, 5) is 0. The predicted molar refractivity (Wildman–Crippen MR) is 96.9 cm³/mol. The predicted octanol–water partition coefficient (Wildman–Crippen LogP) is 3.07. The number of nitrogens with two attached hydrogens (primary N) is 1. The summed E-state index contributed by atoms with van der Waals surface area (Å²) < 4.78 is 27.5. The molecule has 5 nitrogen and oxygen atoms in total. The Morgan fingerprint density at radius 1 is 0.625 bits per heavy atom. The van der Waals surface area contributed by atoms with E-state index in [1.165, 1.54) is 0 Å². The molecule has 2 heterocycles. The molecule has 1 aromatic carbocycles. The summed E-state index contributed by atoms with van der Waals surface area (Å²) in [6.07, 6.45) is 0. The van der Waals surface area contributed by atoms with Crippen LogP contribution in [0.4, 0.5) is 5.69 Å². The monoisotopic (exact) mass is 399 g/mol. The Morgan fingerprint density at radius 2 is 0.917 bits per heavy atom. The molecule has 2 aliphatic heterocycles. The van der Waals surface area contributed by atoms with E-state index in [0.717, 1.165) is 4.35 Å². The van der Waals surface area contributed by atoms with Gasteiger partial charge in [-0.3, -0.25) is 0 Å². The maximum absolute atomic E-state index is 6.67. The van der Waals surface area contributed by atoms with Crippen molar-refractivity contribution in [2.45, 2.75) is 77.8 Å². The zero-order chi connectivity index (χ0) is 18.3. The molecule has 0 amide bonds. The van der Waals surface area contributed by atoms with Gasteiger partial charge in [0, 0.05) is 0 Å². The molecular formula is C18H30AsNO4. The van der Waals surface area contributed by atoms with Gasteiger partial charge in [-0.05, 0) is 0 Å². The minimum absolute atomic E-state index is 0.559. The second kappa shape index (κ2) is 4.57. The number of rotatable bonds is 1. The number of hydrogen-bond acceptors (Lipinski definition) is 5. The van der Waals surface area contributed by atoms with Crippen LogP contribution in [-0.2, 0) is 14.9 Å². The molecule has 3 rings (SSSR count). The molecule has 0 radical (unpaired) electrons. The average molecular weight is 399 g/mol. The van der Waals surface area contributed by atoms with E-state index in [1.54, 1.807) is 0 Å². The van der Waals surface area contributed by atoms with Crippen LogP contribution in [0.25, 0.3) is 0 Å². The van der Waals surface area contributed by atoms with Crippen molar-refractivity contribution < 1.29 is 14.9 Å². The van der Waals surface area contributed by atoms with Gasteiger partial charge in [0.1, 0.15) is 0 Å². The Labute approximate surface area is 146 Å². The first-order valence-corrected chi connectivity index (χ1v) is 12.4. The van der Waals surface area contributed by atoms with E-state index in [0.29, 0.717) is 5.69 Å². The van der Waals surface area contributed by atoms with Crippen molar-refractivity contribution in [1.82, 2.24) is 0 Å². The van der Waals surface area contributed by atoms with E-state index < -0.39 is 36.2 Å². The van der Waals surface area contributed by atoms with Crippen molar-refractivity contribution >= 4 is 23.9 Å². The van der Waals surface area contributed by atoms with Crippen LogP contribution in [-0.4, -0.2) is 36.2 Å². The first-order valence-electron chi connectivity index (χ1n) is 8.38. The molecule has 0 atom stereocenters. The Bertz CT molecular complexity index is 603. The van der Waals surface area contributed by atoms with Gasteiger partial charge in [-0.15, -0.1) is 0 Å². The van der Waals surface area contributed by atoms with E-state index in [2.05, 4.69) is 0 Å². The Hall–Kier alpha value is -0.582.